The fourth-order valence-electron chi connectivity index (χ4n) is 2.04. The lowest BCUT2D eigenvalue weighted by Gasteiger charge is -2.16. The highest BCUT2D eigenvalue weighted by atomic mass is 35.5. The molecule has 0 saturated carbocycles. The second-order valence-electron chi connectivity index (χ2n) is 4.69. The van der Waals surface area contributed by atoms with E-state index in [2.05, 4.69) is 22.5 Å². The van der Waals surface area contributed by atoms with Crippen LogP contribution in [0.1, 0.15) is 16.8 Å². The van der Waals surface area contributed by atoms with Crippen molar-refractivity contribution in [2.75, 3.05) is 0 Å². The van der Waals surface area contributed by atoms with Gasteiger partial charge in [-0.3, -0.25) is 16.3 Å². The molecule has 2 aromatic rings. The monoisotopic (exact) mass is 275 g/mol. The summed E-state index contributed by atoms with van der Waals surface area (Å²) in [5.41, 5.74) is 6.13. The molecule has 3 N–H and O–H groups in total. The zero-order valence-corrected chi connectivity index (χ0v) is 11.7. The summed E-state index contributed by atoms with van der Waals surface area (Å²) in [5.74, 6) is 5.63. The molecular weight excluding hydrogens is 258 g/mol. The van der Waals surface area contributed by atoms with Crippen molar-refractivity contribution in [3.8, 4) is 0 Å². The fraction of sp³-hybridized carbons (Fsp3) is 0.267. The van der Waals surface area contributed by atoms with Crippen molar-refractivity contribution in [2.45, 2.75) is 25.8 Å². The Hall–Kier alpha value is -1.42. The van der Waals surface area contributed by atoms with E-state index in [9.17, 15) is 0 Å². The van der Waals surface area contributed by atoms with Crippen molar-refractivity contribution in [3.05, 3.63) is 64.4 Å². The zero-order chi connectivity index (χ0) is 13.7. The quantitative estimate of drug-likeness (QED) is 0.652. The number of aromatic nitrogens is 1. The van der Waals surface area contributed by atoms with E-state index in [1.54, 1.807) is 6.20 Å². The van der Waals surface area contributed by atoms with Crippen LogP contribution in [0, 0.1) is 6.92 Å². The van der Waals surface area contributed by atoms with Crippen LogP contribution in [-0.4, -0.2) is 11.0 Å². The number of benzene rings is 1. The van der Waals surface area contributed by atoms with Gasteiger partial charge >= 0.3 is 0 Å². The lowest BCUT2D eigenvalue weighted by Crippen LogP contribution is -2.38. The second-order valence-corrected chi connectivity index (χ2v) is 5.09. The first kappa shape index (κ1) is 14.0. The number of hydrogen-bond acceptors (Lipinski definition) is 3. The zero-order valence-electron chi connectivity index (χ0n) is 10.9. The summed E-state index contributed by atoms with van der Waals surface area (Å²) in [6, 6.07) is 12.1. The highest BCUT2D eigenvalue weighted by Gasteiger charge is 2.11. The lowest BCUT2D eigenvalue weighted by atomic mass is 10.0. The summed E-state index contributed by atoms with van der Waals surface area (Å²) in [5, 5.41) is 0.793. The molecule has 0 bridgehead atoms. The van der Waals surface area contributed by atoms with Gasteiger partial charge in [0, 0.05) is 29.4 Å². The Morgan fingerprint density at radius 1 is 1.26 bits per heavy atom. The van der Waals surface area contributed by atoms with E-state index in [1.807, 2.05) is 31.2 Å². The first-order chi connectivity index (χ1) is 9.19. The van der Waals surface area contributed by atoms with E-state index < -0.39 is 0 Å². The molecule has 1 heterocycles. The van der Waals surface area contributed by atoms with Gasteiger partial charge in [-0.05, 0) is 42.7 Å². The minimum absolute atomic E-state index is 0.120. The van der Waals surface area contributed by atoms with Crippen molar-refractivity contribution in [2.24, 2.45) is 5.84 Å². The molecule has 1 aromatic heterocycles. The topological polar surface area (TPSA) is 50.9 Å². The van der Waals surface area contributed by atoms with Gasteiger partial charge in [0.1, 0.15) is 0 Å². The Kier molecular flexibility index (Phi) is 4.91. The van der Waals surface area contributed by atoms with E-state index in [-0.39, 0.29) is 6.04 Å². The van der Waals surface area contributed by atoms with Crippen molar-refractivity contribution < 1.29 is 0 Å². The Bertz CT molecular complexity index is 528. The molecule has 0 aliphatic carbocycles. The normalized spacial score (nSPS) is 12.4. The number of nitrogens with two attached hydrogens (primary N) is 1. The molecule has 1 aromatic carbocycles. The number of pyridine rings is 1. The Morgan fingerprint density at radius 3 is 2.74 bits per heavy atom. The average molecular weight is 276 g/mol. The summed E-state index contributed by atoms with van der Waals surface area (Å²) in [4.78, 5) is 4.32. The van der Waals surface area contributed by atoms with Crippen LogP contribution in [-0.2, 0) is 12.8 Å². The van der Waals surface area contributed by atoms with E-state index in [4.69, 9.17) is 17.4 Å². The predicted molar refractivity (Wildman–Crippen MR) is 78.9 cm³/mol. The average Bonchev–Trinajstić information content (AvgIpc) is 2.42. The molecule has 0 amide bonds. The van der Waals surface area contributed by atoms with Gasteiger partial charge in [0.25, 0.3) is 0 Å². The molecule has 19 heavy (non-hydrogen) atoms. The van der Waals surface area contributed by atoms with Crippen molar-refractivity contribution in [1.29, 1.82) is 0 Å². The van der Waals surface area contributed by atoms with E-state index in [0.29, 0.717) is 0 Å². The molecule has 1 atom stereocenters. The number of nitrogens with zero attached hydrogens (tertiary/aromatic N) is 1. The number of hydrogen-bond donors (Lipinski definition) is 2. The maximum atomic E-state index is 6.25. The molecule has 100 valence electrons. The van der Waals surface area contributed by atoms with Crippen LogP contribution in [0.4, 0.5) is 0 Å². The molecule has 0 spiro atoms. The molecule has 1 unspecified atom stereocenters. The second kappa shape index (κ2) is 6.66. The number of rotatable bonds is 5. The lowest BCUT2D eigenvalue weighted by molar-refractivity contribution is 0.517. The molecule has 0 fully saturated rings. The maximum absolute atomic E-state index is 6.25. The minimum Gasteiger partial charge on any atom is -0.271 e. The van der Waals surface area contributed by atoms with Gasteiger partial charge in [-0.2, -0.15) is 0 Å². The Morgan fingerprint density at radius 2 is 2.11 bits per heavy atom. The van der Waals surface area contributed by atoms with Crippen LogP contribution in [0.15, 0.2) is 42.6 Å². The van der Waals surface area contributed by atoms with Crippen molar-refractivity contribution >= 4 is 11.6 Å². The van der Waals surface area contributed by atoms with E-state index in [1.165, 1.54) is 0 Å². The molecule has 0 radical (unpaired) electrons. The smallest absolute Gasteiger partial charge is 0.0441 e. The molecule has 0 aliphatic heterocycles. The third-order valence-electron chi connectivity index (χ3n) is 3.09. The van der Waals surface area contributed by atoms with Gasteiger partial charge in [0.2, 0.25) is 0 Å². The fourth-order valence-corrected chi connectivity index (χ4v) is 2.36. The van der Waals surface area contributed by atoms with Gasteiger partial charge in [0.15, 0.2) is 0 Å². The summed E-state index contributed by atoms with van der Waals surface area (Å²) in [7, 11) is 0. The van der Waals surface area contributed by atoms with Crippen LogP contribution >= 0.6 is 11.6 Å². The highest BCUT2D eigenvalue weighted by Crippen LogP contribution is 2.19. The molecule has 0 aliphatic rings. The Balaban J connectivity index is 2.06. The third-order valence-corrected chi connectivity index (χ3v) is 3.44. The largest absolute Gasteiger partial charge is 0.271 e. The number of nitrogens with one attached hydrogen (secondary N) is 1. The maximum Gasteiger partial charge on any atom is 0.0441 e. The highest BCUT2D eigenvalue weighted by molar-refractivity contribution is 6.31. The summed E-state index contributed by atoms with van der Waals surface area (Å²) < 4.78 is 0. The third kappa shape index (κ3) is 4.03. The molecular formula is C15H18ClN3. The minimum atomic E-state index is 0.120. The number of hydrazine groups is 1. The van der Waals surface area contributed by atoms with Crippen LogP contribution in [0.25, 0.3) is 0 Å². The van der Waals surface area contributed by atoms with Gasteiger partial charge < -0.3 is 0 Å². The molecule has 2 rings (SSSR count). The summed E-state index contributed by atoms with van der Waals surface area (Å²) >= 11 is 6.25. The van der Waals surface area contributed by atoms with Gasteiger partial charge in [-0.25, -0.2) is 0 Å². The van der Waals surface area contributed by atoms with Crippen molar-refractivity contribution in [1.82, 2.24) is 10.4 Å². The molecule has 0 saturated heterocycles. The van der Waals surface area contributed by atoms with Crippen molar-refractivity contribution in [3.63, 3.8) is 0 Å². The van der Waals surface area contributed by atoms with Crippen LogP contribution in [0.2, 0.25) is 5.02 Å². The van der Waals surface area contributed by atoms with E-state index in [0.717, 1.165) is 34.7 Å². The van der Waals surface area contributed by atoms with Gasteiger partial charge in [0.05, 0.1) is 0 Å². The Labute approximate surface area is 118 Å². The van der Waals surface area contributed by atoms with Gasteiger partial charge in [-0.15, -0.1) is 0 Å². The first-order valence-electron chi connectivity index (χ1n) is 6.30. The SMILES string of the molecule is Cc1ccc(CC(Cc2ccccn2)NN)c(Cl)c1. The van der Waals surface area contributed by atoms with E-state index >= 15 is 0 Å². The number of halogens is 1. The summed E-state index contributed by atoms with van der Waals surface area (Å²) in [6.07, 6.45) is 3.36. The first-order valence-corrected chi connectivity index (χ1v) is 6.68. The van der Waals surface area contributed by atoms with Crippen LogP contribution in [0.5, 0.6) is 0 Å². The molecule has 4 heteroatoms. The van der Waals surface area contributed by atoms with Crippen LogP contribution in [0.3, 0.4) is 0 Å². The van der Waals surface area contributed by atoms with Crippen LogP contribution < -0.4 is 11.3 Å². The molecule has 3 nitrogen and oxygen atoms in total. The number of aryl methyl sites for hydroxylation is 1. The predicted octanol–water partition coefficient (Wildman–Crippen LogP) is 2.66. The standard InChI is InChI=1S/C15H18ClN3/c1-11-5-6-12(15(16)8-11)9-14(19-17)10-13-4-2-3-7-18-13/h2-8,14,19H,9-10,17H2,1H3. The van der Waals surface area contributed by atoms with Gasteiger partial charge in [-0.1, -0.05) is 29.8 Å². The summed E-state index contributed by atoms with van der Waals surface area (Å²) in [6.45, 7) is 2.03.